The molecule has 2 aliphatic rings. The molecule has 0 atom stereocenters. The summed E-state index contributed by atoms with van der Waals surface area (Å²) in [5.41, 5.74) is 0. The van der Waals surface area contributed by atoms with Crippen molar-refractivity contribution in [3.63, 3.8) is 0 Å². The maximum atomic E-state index is 11.2. The van der Waals surface area contributed by atoms with E-state index in [1.54, 1.807) is 0 Å². The SMILES string of the molecule is COC(=O)CC1CCN(C2CCNCC2)CC1. The Kier molecular flexibility index (Phi) is 4.80. The minimum Gasteiger partial charge on any atom is -0.469 e. The summed E-state index contributed by atoms with van der Waals surface area (Å²) >= 11 is 0. The number of hydrogen-bond acceptors (Lipinski definition) is 4. The van der Waals surface area contributed by atoms with Gasteiger partial charge < -0.3 is 15.0 Å². The summed E-state index contributed by atoms with van der Waals surface area (Å²) in [5.74, 6) is 0.491. The Morgan fingerprint density at radius 2 is 1.88 bits per heavy atom. The van der Waals surface area contributed by atoms with Crippen LogP contribution in [0.2, 0.25) is 0 Å². The molecule has 0 saturated carbocycles. The largest absolute Gasteiger partial charge is 0.469 e. The predicted octanol–water partition coefficient (Wildman–Crippen LogP) is 1.01. The van der Waals surface area contributed by atoms with Gasteiger partial charge in [0, 0.05) is 12.5 Å². The second kappa shape index (κ2) is 6.36. The molecule has 0 aromatic heterocycles. The number of carbonyl (C=O) groups excluding carboxylic acids is 1. The molecule has 0 radical (unpaired) electrons. The van der Waals surface area contributed by atoms with E-state index in [0.29, 0.717) is 12.3 Å². The van der Waals surface area contributed by atoms with Gasteiger partial charge in [-0.25, -0.2) is 0 Å². The average Bonchev–Trinajstić information content (AvgIpc) is 2.40. The van der Waals surface area contributed by atoms with Gasteiger partial charge in [-0.3, -0.25) is 4.79 Å². The molecule has 17 heavy (non-hydrogen) atoms. The second-order valence-electron chi connectivity index (χ2n) is 5.24. The summed E-state index contributed by atoms with van der Waals surface area (Å²) in [6.45, 7) is 4.64. The fourth-order valence-corrected chi connectivity index (χ4v) is 3.01. The van der Waals surface area contributed by atoms with Crippen molar-refractivity contribution in [2.24, 2.45) is 5.92 Å². The number of piperidine rings is 2. The Bertz CT molecular complexity index is 244. The summed E-state index contributed by atoms with van der Waals surface area (Å²) in [6, 6.07) is 0.773. The summed E-state index contributed by atoms with van der Waals surface area (Å²) in [4.78, 5) is 13.8. The minimum absolute atomic E-state index is 0.0506. The van der Waals surface area contributed by atoms with Gasteiger partial charge in [0.2, 0.25) is 0 Å². The van der Waals surface area contributed by atoms with Crippen LogP contribution in [0.5, 0.6) is 0 Å². The molecule has 2 fully saturated rings. The molecule has 4 heteroatoms. The number of nitrogens with one attached hydrogen (secondary N) is 1. The molecule has 2 heterocycles. The Labute approximate surface area is 104 Å². The van der Waals surface area contributed by atoms with Gasteiger partial charge >= 0.3 is 5.97 Å². The van der Waals surface area contributed by atoms with Crippen LogP contribution >= 0.6 is 0 Å². The van der Waals surface area contributed by atoms with Gasteiger partial charge in [0.05, 0.1) is 7.11 Å². The number of ether oxygens (including phenoxy) is 1. The van der Waals surface area contributed by atoms with Gasteiger partial charge in [0.15, 0.2) is 0 Å². The normalized spacial score (nSPS) is 24.8. The van der Waals surface area contributed by atoms with Crippen molar-refractivity contribution in [3.8, 4) is 0 Å². The molecule has 0 spiro atoms. The van der Waals surface area contributed by atoms with E-state index in [4.69, 9.17) is 4.74 Å². The summed E-state index contributed by atoms with van der Waals surface area (Å²) in [6.07, 6.45) is 5.47. The van der Waals surface area contributed by atoms with Gasteiger partial charge in [-0.05, 0) is 57.8 Å². The Morgan fingerprint density at radius 1 is 1.24 bits per heavy atom. The highest BCUT2D eigenvalue weighted by atomic mass is 16.5. The van der Waals surface area contributed by atoms with Crippen LogP contribution in [0.3, 0.4) is 0 Å². The van der Waals surface area contributed by atoms with Crippen LogP contribution in [0.1, 0.15) is 32.1 Å². The topological polar surface area (TPSA) is 41.6 Å². The number of carbonyl (C=O) groups is 1. The number of esters is 1. The van der Waals surface area contributed by atoms with Crippen molar-refractivity contribution in [3.05, 3.63) is 0 Å². The molecule has 2 rings (SSSR count). The Balaban J connectivity index is 1.71. The van der Waals surface area contributed by atoms with Crippen LogP contribution in [0.25, 0.3) is 0 Å². The number of nitrogens with zero attached hydrogens (tertiary/aromatic N) is 1. The lowest BCUT2D eigenvalue weighted by Crippen LogP contribution is -2.46. The number of hydrogen-bond donors (Lipinski definition) is 1. The molecule has 98 valence electrons. The lowest BCUT2D eigenvalue weighted by atomic mass is 9.91. The molecule has 0 aromatic rings. The zero-order valence-electron chi connectivity index (χ0n) is 10.8. The first kappa shape index (κ1) is 12.8. The molecule has 4 nitrogen and oxygen atoms in total. The third kappa shape index (κ3) is 3.68. The minimum atomic E-state index is -0.0506. The first-order valence-electron chi connectivity index (χ1n) is 6.81. The van der Waals surface area contributed by atoms with Crippen LogP contribution in [-0.4, -0.2) is 50.2 Å². The van der Waals surface area contributed by atoms with Gasteiger partial charge in [-0.1, -0.05) is 0 Å². The zero-order valence-corrected chi connectivity index (χ0v) is 10.8. The number of methoxy groups -OCH3 is 1. The molecule has 0 amide bonds. The summed E-state index contributed by atoms with van der Waals surface area (Å²) < 4.78 is 4.74. The fraction of sp³-hybridized carbons (Fsp3) is 0.923. The third-order valence-electron chi connectivity index (χ3n) is 4.16. The van der Waals surface area contributed by atoms with Crippen LogP contribution in [0.15, 0.2) is 0 Å². The van der Waals surface area contributed by atoms with E-state index in [1.807, 2.05) is 0 Å². The first-order valence-corrected chi connectivity index (χ1v) is 6.81. The van der Waals surface area contributed by atoms with E-state index < -0.39 is 0 Å². The van der Waals surface area contributed by atoms with E-state index in [2.05, 4.69) is 10.2 Å². The van der Waals surface area contributed by atoms with Gasteiger partial charge in [0.1, 0.15) is 0 Å². The van der Waals surface area contributed by atoms with E-state index in [9.17, 15) is 4.79 Å². The van der Waals surface area contributed by atoms with E-state index in [1.165, 1.54) is 20.0 Å². The highest BCUT2D eigenvalue weighted by Crippen LogP contribution is 2.24. The average molecular weight is 240 g/mol. The van der Waals surface area contributed by atoms with E-state index in [0.717, 1.165) is 45.1 Å². The van der Waals surface area contributed by atoms with Crippen LogP contribution in [0, 0.1) is 5.92 Å². The molecular weight excluding hydrogens is 216 g/mol. The Morgan fingerprint density at radius 3 is 2.47 bits per heavy atom. The van der Waals surface area contributed by atoms with Crippen molar-refractivity contribution in [1.82, 2.24) is 10.2 Å². The molecule has 2 aliphatic heterocycles. The third-order valence-corrected chi connectivity index (χ3v) is 4.16. The summed E-state index contributed by atoms with van der Waals surface area (Å²) in [7, 11) is 1.48. The van der Waals surface area contributed by atoms with Crippen molar-refractivity contribution in [2.75, 3.05) is 33.3 Å². The number of likely N-dealkylation sites (tertiary alicyclic amines) is 1. The van der Waals surface area contributed by atoms with E-state index in [-0.39, 0.29) is 5.97 Å². The summed E-state index contributed by atoms with van der Waals surface area (Å²) in [5, 5.41) is 3.41. The second-order valence-corrected chi connectivity index (χ2v) is 5.24. The van der Waals surface area contributed by atoms with Gasteiger partial charge in [0.25, 0.3) is 0 Å². The lowest BCUT2D eigenvalue weighted by molar-refractivity contribution is -0.142. The van der Waals surface area contributed by atoms with Gasteiger partial charge in [-0.15, -0.1) is 0 Å². The van der Waals surface area contributed by atoms with E-state index >= 15 is 0 Å². The van der Waals surface area contributed by atoms with Crippen LogP contribution in [0.4, 0.5) is 0 Å². The zero-order chi connectivity index (χ0) is 12.1. The monoisotopic (exact) mass is 240 g/mol. The molecule has 1 N–H and O–H groups in total. The molecular formula is C13H24N2O2. The number of rotatable bonds is 3. The molecule has 0 bridgehead atoms. The lowest BCUT2D eigenvalue weighted by Gasteiger charge is -2.39. The molecule has 0 aromatic carbocycles. The maximum Gasteiger partial charge on any atom is 0.305 e. The quantitative estimate of drug-likeness (QED) is 0.748. The predicted molar refractivity (Wildman–Crippen MR) is 66.8 cm³/mol. The highest BCUT2D eigenvalue weighted by molar-refractivity contribution is 5.69. The molecule has 0 aliphatic carbocycles. The van der Waals surface area contributed by atoms with Crippen molar-refractivity contribution >= 4 is 5.97 Å². The van der Waals surface area contributed by atoms with Crippen molar-refractivity contribution in [1.29, 1.82) is 0 Å². The van der Waals surface area contributed by atoms with Gasteiger partial charge in [-0.2, -0.15) is 0 Å². The standard InChI is InChI=1S/C13H24N2O2/c1-17-13(16)10-11-4-8-15(9-5-11)12-2-6-14-7-3-12/h11-12,14H,2-10H2,1H3. The molecule has 2 saturated heterocycles. The highest BCUT2D eigenvalue weighted by Gasteiger charge is 2.27. The van der Waals surface area contributed by atoms with Crippen molar-refractivity contribution < 1.29 is 9.53 Å². The van der Waals surface area contributed by atoms with Crippen LogP contribution < -0.4 is 5.32 Å². The van der Waals surface area contributed by atoms with Crippen molar-refractivity contribution in [2.45, 2.75) is 38.1 Å². The Hall–Kier alpha value is -0.610. The first-order chi connectivity index (χ1) is 8.29. The maximum absolute atomic E-state index is 11.2. The van der Waals surface area contributed by atoms with Crippen LogP contribution in [-0.2, 0) is 9.53 Å². The molecule has 0 unspecified atom stereocenters. The fourth-order valence-electron chi connectivity index (χ4n) is 3.01. The smallest absolute Gasteiger partial charge is 0.305 e.